The molecule has 0 fully saturated rings. The van der Waals surface area contributed by atoms with Crippen LogP contribution in [0.2, 0.25) is 0 Å². The summed E-state index contributed by atoms with van der Waals surface area (Å²) in [6, 6.07) is 13.8. The van der Waals surface area contributed by atoms with E-state index in [0.717, 1.165) is 17.1 Å². The molecular weight excluding hydrogens is 252 g/mol. The molecule has 0 amide bonds. The Morgan fingerprint density at radius 1 is 1.20 bits per heavy atom. The highest BCUT2D eigenvalue weighted by molar-refractivity contribution is 5.28. The van der Waals surface area contributed by atoms with E-state index in [9.17, 15) is 0 Å². The van der Waals surface area contributed by atoms with Crippen LogP contribution in [0.5, 0.6) is 0 Å². The molecule has 2 aromatic heterocycles. The molecular formula is C15H16N4O. The van der Waals surface area contributed by atoms with Gasteiger partial charge in [-0.05, 0) is 31.2 Å². The Hall–Kier alpha value is -2.40. The largest absolute Gasteiger partial charge is 0.468 e. The molecule has 102 valence electrons. The minimum absolute atomic E-state index is 0.145. The lowest BCUT2D eigenvalue weighted by atomic mass is 10.2. The summed E-state index contributed by atoms with van der Waals surface area (Å²) in [6.07, 6.45) is 3.45. The first-order valence-corrected chi connectivity index (χ1v) is 6.56. The molecule has 0 saturated carbocycles. The van der Waals surface area contributed by atoms with Crippen molar-refractivity contribution in [1.82, 2.24) is 20.3 Å². The lowest BCUT2D eigenvalue weighted by Crippen LogP contribution is -2.18. The molecule has 5 nitrogen and oxygen atoms in total. The summed E-state index contributed by atoms with van der Waals surface area (Å²) in [5, 5.41) is 12.1. The van der Waals surface area contributed by atoms with E-state index in [2.05, 4.69) is 22.4 Å². The average Bonchev–Trinajstić information content (AvgIpc) is 3.17. The van der Waals surface area contributed by atoms with E-state index in [0.29, 0.717) is 6.54 Å². The smallest absolute Gasteiger partial charge is 0.120 e. The summed E-state index contributed by atoms with van der Waals surface area (Å²) < 4.78 is 5.35. The van der Waals surface area contributed by atoms with Crippen molar-refractivity contribution in [3.8, 4) is 5.69 Å². The van der Waals surface area contributed by atoms with Crippen molar-refractivity contribution >= 4 is 0 Å². The molecule has 0 bridgehead atoms. The van der Waals surface area contributed by atoms with Gasteiger partial charge >= 0.3 is 0 Å². The van der Waals surface area contributed by atoms with Crippen molar-refractivity contribution in [3.05, 3.63) is 66.4 Å². The number of hydrogen-bond acceptors (Lipinski definition) is 4. The van der Waals surface area contributed by atoms with Crippen LogP contribution in [0.15, 0.2) is 59.3 Å². The highest BCUT2D eigenvalue weighted by Crippen LogP contribution is 2.12. The number of para-hydroxylation sites is 1. The molecule has 1 N–H and O–H groups in total. The maximum absolute atomic E-state index is 5.35. The highest BCUT2D eigenvalue weighted by Gasteiger charge is 2.09. The molecule has 0 unspecified atom stereocenters. The number of furan rings is 1. The normalized spacial score (nSPS) is 12.4. The van der Waals surface area contributed by atoms with Gasteiger partial charge in [0.2, 0.25) is 0 Å². The monoisotopic (exact) mass is 268 g/mol. The topological polar surface area (TPSA) is 55.9 Å². The molecule has 3 rings (SSSR count). The molecule has 1 atom stereocenters. The van der Waals surface area contributed by atoms with Crippen LogP contribution in [0.1, 0.15) is 24.4 Å². The van der Waals surface area contributed by atoms with Gasteiger partial charge in [-0.2, -0.15) is 15.0 Å². The standard InChI is InChI=1S/C15H16N4O/c1-12(15-8-5-9-20-15)16-10-13-11-17-19(18-13)14-6-3-2-4-7-14/h2-9,11-12,16H,10H2,1H3/t12-/m0/s1. The summed E-state index contributed by atoms with van der Waals surface area (Å²) in [7, 11) is 0. The molecule has 0 aliphatic heterocycles. The van der Waals surface area contributed by atoms with Gasteiger partial charge in [0.05, 0.1) is 29.9 Å². The fourth-order valence-electron chi connectivity index (χ4n) is 1.96. The first kappa shape index (κ1) is 12.6. The fourth-order valence-corrected chi connectivity index (χ4v) is 1.96. The zero-order valence-corrected chi connectivity index (χ0v) is 11.2. The minimum atomic E-state index is 0.145. The Morgan fingerprint density at radius 3 is 2.80 bits per heavy atom. The van der Waals surface area contributed by atoms with E-state index >= 15 is 0 Å². The predicted octanol–water partition coefficient (Wildman–Crippen LogP) is 2.71. The fraction of sp³-hybridized carbons (Fsp3) is 0.200. The van der Waals surface area contributed by atoms with Crippen LogP contribution in [-0.4, -0.2) is 15.0 Å². The van der Waals surface area contributed by atoms with E-state index in [1.54, 1.807) is 17.3 Å². The number of benzene rings is 1. The van der Waals surface area contributed by atoms with E-state index in [1.165, 1.54) is 0 Å². The third-order valence-electron chi connectivity index (χ3n) is 3.09. The third kappa shape index (κ3) is 2.78. The second kappa shape index (κ2) is 5.71. The van der Waals surface area contributed by atoms with Gasteiger partial charge in [-0.15, -0.1) is 0 Å². The van der Waals surface area contributed by atoms with Crippen LogP contribution in [-0.2, 0) is 6.54 Å². The number of aromatic nitrogens is 3. The van der Waals surface area contributed by atoms with Crippen LogP contribution in [0.4, 0.5) is 0 Å². The van der Waals surface area contributed by atoms with Crippen molar-refractivity contribution in [2.45, 2.75) is 19.5 Å². The number of rotatable bonds is 5. The van der Waals surface area contributed by atoms with Crippen LogP contribution >= 0.6 is 0 Å². The lowest BCUT2D eigenvalue weighted by Gasteiger charge is -2.09. The molecule has 0 spiro atoms. The highest BCUT2D eigenvalue weighted by atomic mass is 16.3. The molecule has 0 radical (unpaired) electrons. The maximum Gasteiger partial charge on any atom is 0.120 e. The van der Waals surface area contributed by atoms with Crippen molar-refractivity contribution in [2.24, 2.45) is 0 Å². The summed E-state index contributed by atoms with van der Waals surface area (Å²) in [6.45, 7) is 2.70. The van der Waals surface area contributed by atoms with Crippen molar-refractivity contribution < 1.29 is 4.42 Å². The number of nitrogens with one attached hydrogen (secondary N) is 1. The van der Waals surface area contributed by atoms with E-state index in [1.807, 2.05) is 42.5 Å². The van der Waals surface area contributed by atoms with Gasteiger partial charge in [-0.25, -0.2) is 0 Å². The van der Waals surface area contributed by atoms with Crippen molar-refractivity contribution in [1.29, 1.82) is 0 Å². The second-order valence-corrected chi connectivity index (χ2v) is 4.58. The van der Waals surface area contributed by atoms with Crippen LogP contribution < -0.4 is 5.32 Å². The van der Waals surface area contributed by atoms with Crippen LogP contribution in [0.25, 0.3) is 5.69 Å². The molecule has 20 heavy (non-hydrogen) atoms. The van der Waals surface area contributed by atoms with E-state index in [-0.39, 0.29) is 6.04 Å². The van der Waals surface area contributed by atoms with Gasteiger partial charge in [0.25, 0.3) is 0 Å². The van der Waals surface area contributed by atoms with Gasteiger partial charge < -0.3 is 9.73 Å². The summed E-state index contributed by atoms with van der Waals surface area (Å²) in [4.78, 5) is 1.63. The second-order valence-electron chi connectivity index (χ2n) is 4.58. The quantitative estimate of drug-likeness (QED) is 0.773. The average molecular weight is 268 g/mol. The third-order valence-corrected chi connectivity index (χ3v) is 3.09. The Morgan fingerprint density at radius 2 is 2.05 bits per heavy atom. The van der Waals surface area contributed by atoms with Crippen LogP contribution in [0.3, 0.4) is 0 Å². The maximum atomic E-state index is 5.35. The first-order valence-electron chi connectivity index (χ1n) is 6.56. The summed E-state index contributed by atoms with van der Waals surface area (Å²) >= 11 is 0. The zero-order valence-electron chi connectivity index (χ0n) is 11.2. The number of nitrogens with zero attached hydrogens (tertiary/aromatic N) is 3. The van der Waals surface area contributed by atoms with Gasteiger partial charge in [-0.1, -0.05) is 18.2 Å². The van der Waals surface area contributed by atoms with Gasteiger partial charge in [0.1, 0.15) is 5.76 Å². The molecule has 1 aromatic carbocycles. The molecule has 5 heteroatoms. The molecule has 0 aliphatic carbocycles. The van der Waals surface area contributed by atoms with Gasteiger partial charge in [0, 0.05) is 6.54 Å². The Bertz CT molecular complexity index is 646. The lowest BCUT2D eigenvalue weighted by molar-refractivity contribution is 0.428. The molecule has 2 heterocycles. The zero-order chi connectivity index (χ0) is 13.8. The SMILES string of the molecule is C[C@H](NCc1cnn(-c2ccccc2)n1)c1ccco1. The molecule has 3 aromatic rings. The number of hydrogen-bond donors (Lipinski definition) is 1. The van der Waals surface area contributed by atoms with E-state index in [4.69, 9.17) is 4.42 Å². The Balaban J connectivity index is 1.63. The van der Waals surface area contributed by atoms with Crippen molar-refractivity contribution in [3.63, 3.8) is 0 Å². The van der Waals surface area contributed by atoms with Gasteiger partial charge in [0.15, 0.2) is 0 Å². The molecule has 0 aliphatic rings. The van der Waals surface area contributed by atoms with E-state index < -0.39 is 0 Å². The van der Waals surface area contributed by atoms with Gasteiger partial charge in [-0.3, -0.25) is 0 Å². The summed E-state index contributed by atoms with van der Waals surface area (Å²) in [5.41, 5.74) is 1.85. The predicted molar refractivity (Wildman–Crippen MR) is 75.3 cm³/mol. The first-order chi connectivity index (χ1) is 9.83. The van der Waals surface area contributed by atoms with Crippen LogP contribution in [0, 0.1) is 0 Å². The molecule has 0 saturated heterocycles. The Labute approximate surface area is 117 Å². The minimum Gasteiger partial charge on any atom is -0.468 e. The Kier molecular flexibility index (Phi) is 3.60. The van der Waals surface area contributed by atoms with Crippen molar-refractivity contribution in [2.75, 3.05) is 0 Å². The summed E-state index contributed by atoms with van der Waals surface area (Å²) in [5.74, 6) is 0.917.